The van der Waals surface area contributed by atoms with Gasteiger partial charge >= 0.3 is 0 Å². The van der Waals surface area contributed by atoms with E-state index in [1.807, 2.05) is 13.8 Å². The Balaban J connectivity index is 4.28. The SMILES string of the molecule is CCC(=O)[C@H](C)NC(=O)[C@@H](NC)C(C)C. The van der Waals surface area contributed by atoms with Crippen molar-refractivity contribution in [1.29, 1.82) is 0 Å². The molecule has 0 aliphatic rings. The van der Waals surface area contributed by atoms with Gasteiger partial charge in [-0.3, -0.25) is 9.59 Å². The van der Waals surface area contributed by atoms with E-state index in [4.69, 9.17) is 0 Å². The number of carbonyl (C=O) groups excluding carboxylic acids is 2. The third-order valence-electron chi connectivity index (χ3n) is 2.45. The van der Waals surface area contributed by atoms with Gasteiger partial charge in [0, 0.05) is 6.42 Å². The lowest BCUT2D eigenvalue weighted by Crippen LogP contribution is -2.50. The number of nitrogens with one attached hydrogen (secondary N) is 2. The van der Waals surface area contributed by atoms with Crippen LogP contribution in [-0.4, -0.2) is 30.8 Å². The molecule has 2 atom stereocenters. The number of carbonyl (C=O) groups is 2. The Labute approximate surface area is 91.8 Å². The van der Waals surface area contributed by atoms with Gasteiger partial charge in [-0.2, -0.15) is 0 Å². The maximum atomic E-state index is 11.7. The van der Waals surface area contributed by atoms with Crippen molar-refractivity contribution in [3.8, 4) is 0 Å². The summed E-state index contributed by atoms with van der Waals surface area (Å²) in [5.41, 5.74) is 0. The van der Waals surface area contributed by atoms with Crippen LogP contribution < -0.4 is 10.6 Å². The molecule has 88 valence electrons. The average molecular weight is 214 g/mol. The van der Waals surface area contributed by atoms with E-state index in [2.05, 4.69) is 10.6 Å². The number of hydrogen-bond donors (Lipinski definition) is 2. The normalized spacial score (nSPS) is 14.8. The molecule has 0 unspecified atom stereocenters. The van der Waals surface area contributed by atoms with E-state index in [0.29, 0.717) is 6.42 Å². The fraction of sp³-hybridized carbons (Fsp3) is 0.818. The van der Waals surface area contributed by atoms with Gasteiger partial charge in [-0.25, -0.2) is 0 Å². The molecule has 0 spiro atoms. The fourth-order valence-electron chi connectivity index (χ4n) is 1.46. The van der Waals surface area contributed by atoms with E-state index in [1.165, 1.54) is 0 Å². The largest absolute Gasteiger partial charge is 0.345 e. The molecular formula is C11H22N2O2. The van der Waals surface area contributed by atoms with Gasteiger partial charge in [0.05, 0.1) is 12.1 Å². The molecule has 0 aromatic carbocycles. The highest BCUT2D eigenvalue weighted by molar-refractivity contribution is 5.90. The Morgan fingerprint density at radius 3 is 2.07 bits per heavy atom. The first-order valence-electron chi connectivity index (χ1n) is 5.44. The third kappa shape index (κ3) is 4.42. The van der Waals surface area contributed by atoms with Crippen LogP contribution in [0.25, 0.3) is 0 Å². The zero-order valence-electron chi connectivity index (χ0n) is 10.3. The van der Waals surface area contributed by atoms with Crippen molar-refractivity contribution in [3.05, 3.63) is 0 Å². The molecule has 4 nitrogen and oxygen atoms in total. The van der Waals surface area contributed by atoms with Gasteiger partial charge in [-0.05, 0) is 19.9 Å². The van der Waals surface area contributed by atoms with Gasteiger partial charge in [0.15, 0.2) is 5.78 Å². The van der Waals surface area contributed by atoms with Crippen LogP contribution in [-0.2, 0) is 9.59 Å². The molecule has 0 aliphatic heterocycles. The van der Waals surface area contributed by atoms with Crippen molar-refractivity contribution in [1.82, 2.24) is 10.6 Å². The lowest BCUT2D eigenvalue weighted by Gasteiger charge is -2.21. The Kier molecular flexibility index (Phi) is 6.17. The van der Waals surface area contributed by atoms with E-state index in [9.17, 15) is 9.59 Å². The molecule has 15 heavy (non-hydrogen) atoms. The Morgan fingerprint density at radius 1 is 1.20 bits per heavy atom. The first-order chi connectivity index (χ1) is 6.93. The molecule has 1 amide bonds. The molecule has 0 saturated heterocycles. The minimum Gasteiger partial charge on any atom is -0.345 e. The lowest BCUT2D eigenvalue weighted by atomic mass is 10.0. The number of hydrogen-bond acceptors (Lipinski definition) is 3. The lowest BCUT2D eigenvalue weighted by molar-refractivity contribution is -0.129. The van der Waals surface area contributed by atoms with Crippen molar-refractivity contribution < 1.29 is 9.59 Å². The van der Waals surface area contributed by atoms with E-state index in [1.54, 1.807) is 20.9 Å². The van der Waals surface area contributed by atoms with Crippen LogP contribution in [0.1, 0.15) is 34.1 Å². The summed E-state index contributed by atoms with van der Waals surface area (Å²) in [4.78, 5) is 23.0. The van der Waals surface area contributed by atoms with Gasteiger partial charge < -0.3 is 10.6 Å². The number of likely N-dealkylation sites (N-methyl/N-ethyl adjacent to an activating group) is 1. The Morgan fingerprint density at radius 2 is 1.73 bits per heavy atom. The summed E-state index contributed by atoms with van der Waals surface area (Å²) in [5.74, 6) is 0.155. The highest BCUT2D eigenvalue weighted by Crippen LogP contribution is 2.01. The van der Waals surface area contributed by atoms with Gasteiger partial charge in [0.1, 0.15) is 0 Å². The summed E-state index contributed by atoms with van der Waals surface area (Å²) in [5, 5.41) is 5.65. The highest BCUT2D eigenvalue weighted by atomic mass is 16.2. The first-order valence-corrected chi connectivity index (χ1v) is 5.44. The van der Waals surface area contributed by atoms with Gasteiger partial charge in [-0.1, -0.05) is 20.8 Å². The third-order valence-corrected chi connectivity index (χ3v) is 2.45. The molecular weight excluding hydrogens is 192 g/mol. The molecule has 0 heterocycles. The number of rotatable bonds is 6. The summed E-state index contributed by atoms with van der Waals surface area (Å²) in [6.45, 7) is 7.44. The predicted octanol–water partition coefficient (Wildman–Crippen LogP) is 0.714. The minimum atomic E-state index is -0.392. The second-order valence-electron chi connectivity index (χ2n) is 4.06. The smallest absolute Gasteiger partial charge is 0.237 e. The number of Topliss-reactive ketones (excluding diaryl/α,β-unsaturated/α-hetero) is 1. The molecule has 0 aliphatic carbocycles. The average Bonchev–Trinajstić information content (AvgIpc) is 2.16. The fourth-order valence-corrected chi connectivity index (χ4v) is 1.46. The minimum absolute atomic E-state index is 0.0574. The molecule has 0 fully saturated rings. The van der Waals surface area contributed by atoms with Crippen LogP contribution in [0, 0.1) is 5.92 Å². The predicted molar refractivity (Wildman–Crippen MR) is 60.6 cm³/mol. The van der Waals surface area contributed by atoms with Crippen LogP contribution in [0.5, 0.6) is 0 Å². The molecule has 0 aromatic rings. The molecule has 0 radical (unpaired) electrons. The van der Waals surface area contributed by atoms with Crippen LogP contribution in [0.3, 0.4) is 0 Å². The maximum absolute atomic E-state index is 11.7. The van der Waals surface area contributed by atoms with Crippen molar-refractivity contribution >= 4 is 11.7 Å². The Hall–Kier alpha value is -0.900. The standard InChI is InChI=1S/C11H22N2O2/c1-6-9(14)8(4)13-11(15)10(12-5)7(2)3/h7-8,10,12H,6H2,1-5H3,(H,13,15)/t8-,10-/m0/s1. The van der Waals surface area contributed by atoms with Crippen molar-refractivity contribution in [2.24, 2.45) is 5.92 Å². The Bertz CT molecular complexity index is 227. The van der Waals surface area contributed by atoms with Crippen molar-refractivity contribution in [2.75, 3.05) is 7.05 Å². The van der Waals surface area contributed by atoms with E-state index in [-0.39, 0.29) is 23.7 Å². The summed E-state index contributed by atoms with van der Waals surface area (Å²) in [6.07, 6.45) is 0.452. The van der Waals surface area contributed by atoms with Crippen LogP contribution in [0.15, 0.2) is 0 Å². The second kappa shape index (κ2) is 6.56. The summed E-state index contributed by atoms with van der Waals surface area (Å²) in [7, 11) is 1.75. The molecule has 4 heteroatoms. The zero-order valence-corrected chi connectivity index (χ0v) is 10.3. The van der Waals surface area contributed by atoms with Gasteiger partial charge in [-0.15, -0.1) is 0 Å². The first kappa shape index (κ1) is 14.1. The molecule has 2 N–H and O–H groups in total. The maximum Gasteiger partial charge on any atom is 0.237 e. The summed E-state index contributed by atoms with van der Waals surface area (Å²) in [6, 6.07) is -0.630. The van der Waals surface area contributed by atoms with E-state index < -0.39 is 6.04 Å². The molecule has 0 rings (SSSR count). The number of ketones is 1. The van der Waals surface area contributed by atoms with Gasteiger partial charge in [0.25, 0.3) is 0 Å². The van der Waals surface area contributed by atoms with Crippen LogP contribution in [0.4, 0.5) is 0 Å². The number of amides is 1. The van der Waals surface area contributed by atoms with Gasteiger partial charge in [0.2, 0.25) is 5.91 Å². The van der Waals surface area contributed by atoms with Crippen molar-refractivity contribution in [3.63, 3.8) is 0 Å². The van der Waals surface area contributed by atoms with Crippen LogP contribution in [0.2, 0.25) is 0 Å². The summed E-state index contributed by atoms with van der Waals surface area (Å²) >= 11 is 0. The highest BCUT2D eigenvalue weighted by Gasteiger charge is 2.22. The zero-order chi connectivity index (χ0) is 12.0. The monoisotopic (exact) mass is 214 g/mol. The molecule has 0 bridgehead atoms. The molecule has 0 aromatic heterocycles. The quantitative estimate of drug-likeness (QED) is 0.685. The summed E-state index contributed by atoms with van der Waals surface area (Å²) < 4.78 is 0. The molecule has 0 saturated carbocycles. The topological polar surface area (TPSA) is 58.2 Å². The van der Waals surface area contributed by atoms with E-state index >= 15 is 0 Å². The van der Waals surface area contributed by atoms with E-state index in [0.717, 1.165) is 0 Å². The van der Waals surface area contributed by atoms with Crippen LogP contribution >= 0.6 is 0 Å². The second-order valence-corrected chi connectivity index (χ2v) is 4.06. The van der Waals surface area contributed by atoms with Crippen molar-refractivity contribution in [2.45, 2.75) is 46.2 Å².